The highest BCUT2D eigenvalue weighted by Crippen LogP contribution is 2.25. The Morgan fingerprint density at radius 2 is 2.25 bits per heavy atom. The van der Waals surface area contributed by atoms with Crippen LogP contribution in [0.2, 0.25) is 0 Å². The molecule has 0 saturated heterocycles. The molecule has 0 bridgehead atoms. The lowest BCUT2D eigenvalue weighted by atomic mass is 10.2. The average molecular weight is 293 g/mol. The van der Waals surface area contributed by atoms with Gasteiger partial charge in [-0.3, -0.25) is 4.68 Å². The lowest BCUT2D eigenvalue weighted by Crippen LogP contribution is -2.22. The molecule has 1 heterocycles. The second-order valence-electron chi connectivity index (χ2n) is 4.51. The lowest BCUT2D eigenvalue weighted by molar-refractivity contribution is 0.602. The number of aromatic nitrogens is 2. The van der Waals surface area contributed by atoms with Crippen LogP contribution in [0, 0.1) is 5.82 Å². The van der Waals surface area contributed by atoms with Crippen molar-refractivity contribution in [3.8, 4) is 0 Å². The molecule has 1 aromatic heterocycles. The number of rotatable bonds is 7. The van der Waals surface area contributed by atoms with Crippen LogP contribution in [-0.2, 0) is 6.54 Å². The summed E-state index contributed by atoms with van der Waals surface area (Å²) in [6, 6.07) is 6.95. The van der Waals surface area contributed by atoms with Gasteiger partial charge in [-0.05, 0) is 31.7 Å². The van der Waals surface area contributed by atoms with Crippen molar-refractivity contribution in [3.63, 3.8) is 0 Å². The first-order valence-corrected chi connectivity index (χ1v) is 7.85. The fourth-order valence-electron chi connectivity index (χ4n) is 1.99. The predicted molar refractivity (Wildman–Crippen MR) is 81.4 cm³/mol. The van der Waals surface area contributed by atoms with E-state index >= 15 is 0 Å². The maximum Gasteiger partial charge on any atom is 0.124 e. The predicted octanol–water partition coefficient (Wildman–Crippen LogP) is 3.49. The summed E-state index contributed by atoms with van der Waals surface area (Å²) in [5.41, 5.74) is 1.18. The van der Waals surface area contributed by atoms with Crippen LogP contribution in [0.15, 0.2) is 41.6 Å². The molecule has 0 amide bonds. The molecule has 2 rings (SSSR count). The van der Waals surface area contributed by atoms with Crippen LogP contribution in [0.1, 0.15) is 25.5 Å². The number of benzene rings is 1. The van der Waals surface area contributed by atoms with Crippen molar-refractivity contribution in [2.45, 2.75) is 31.3 Å². The van der Waals surface area contributed by atoms with Crippen molar-refractivity contribution < 1.29 is 4.39 Å². The summed E-state index contributed by atoms with van der Waals surface area (Å²) in [6.07, 6.45) is 3.97. The fourth-order valence-corrected chi connectivity index (χ4v) is 3.03. The number of hydrogen-bond donors (Lipinski definition) is 1. The number of nitrogens with zero attached hydrogens (tertiary/aromatic N) is 2. The minimum Gasteiger partial charge on any atom is -0.309 e. The molecule has 2 aromatic rings. The zero-order valence-electron chi connectivity index (χ0n) is 11.8. The summed E-state index contributed by atoms with van der Waals surface area (Å²) in [5.74, 6) is 0.668. The van der Waals surface area contributed by atoms with Gasteiger partial charge in [0.1, 0.15) is 5.82 Å². The van der Waals surface area contributed by atoms with E-state index < -0.39 is 0 Å². The Morgan fingerprint density at radius 3 is 2.90 bits per heavy atom. The molecule has 0 aliphatic rings. The highest BCUT2D eigenvalue weighted by atomic mass is 32.2. The van der Waals surface area contributed by atoms with Gasteiger partial charge < -0.3 is 5.32 Å². The first-order chi connectivity index (χ1) is 9.72. The van der Waals surface area contributed by atoms with Crippen LogP contribution in [0.25, 0.3) is 0 Å². The molecule has 1 unspecified atom stereocenters. The number of thioether (sulfide) groups is 1. The van der Waals surface area contributed by atoms with Gasteiger partial charge in [-0.1, -0.05) is 13.0 Å². The van der Waals surface area contributed by atoms with E-state index in [0.717, 1.165) is 23.7 Å². The van der Waals surface area contributed by atoms with Gasteiger partial charge >= 0.3 is 0 Å². The summed E-state index contributed by atoms with van der Waals surface area (Å²) >= 11 is 1.65. The molecule has 108 valence electrons. The standard InChI is InChI=1S/C15H20FN3S/c1-3-17-15(12-9-18-19(4-2)10-12)11-20-14-7-5-6-13(16)8-14/h5-10,15,17H,3-4,11H2,1-2H3. The zero-order valence-corrected chi connectivity index (χ0v) is 12.7. The van der Waals surface area contributed by atoms with Crippen LogP contribution >= 0.6 is 11.8 Å². The number of hydrogen-bond acceptors (Lipinski definition) is 3. The normalized spacial score (nSPS) is 12.6. The van der Waals surface area contributed by atoms with Gasteiger partial charge in [-0.25, -0.2) is 4.39 Å². The van der Waals surface area contributed by atoms with Crippen molar-refractivity contribution in [3.05, 3.63) is 48.0 Å². The van der Waals surface area contributed by atoms with E-state index in [9.17, 15) is 4.39 Å². The third-order valence-electron chi connectivity index (χ3n) is 3.04. The topological polar surface area (TPSA) is 29.9 Å². The third kappa shape index (κ3) is 4.08. The first kappa shape index (κ1) is 15.1. The minimum absolute atomic E-state index is 0.186. The van der Waals surface area contributed by atoms with Crippen molar-refractivity contribution in [2.75, 3.05) is 12.3 Å². The van der Waals surface area contributed by atoms with Gasteiger partial charge in [-0.2, -0.15) is 5.10 Å². The summed E-state index contributed by atoms with van der Waals surface area (Å²) in [6.45, 7) is 5.92. The Balaban J connectivity index is 2.02. The summed E-state index contributed by atoms with van der Waals surface area (Å²) in [4.78, 5) is 0.954. The van der Waals surface area contributed by atoms with Crippen LogP contribution in [0.3, 0.4) is 0 Å². The fraction of sp³-hybridized carbons (Fsp3) is 0.400. The van der Waals surface area contributed by atoms with Gasteiger partial charge in [0.05, 0.1) is 6.20 Å². The van der Waals surface area contributed by atoms with E-state index in [4.69, 9.17) is 0 Å². The highest BCUT2D eigenvalue weighted by Gasteiger charge is 2.13. The van der Waals surface area contributed by atoms with Gasteiger partial charge in [0.15, 0.2) is 0 Å². The maximum absolute atomic E-state index is 13.2. The van der Waals surface area contributed by atoms with E-state index in [1.807, 2.05) is 16.9 Å². The Kier molecular flexibility index (Phi) is 5.61. The molecule has 0 aliphatic heterocycles. The van der Waals surface area contributed by atoms with E-state index in [-0.39, 0.29) is 11.9 Å². The van der Waals surface area contributed by atoms with Crippen LogP contribution in [0.4, 0.5) is 4.39 Å². The first-order valence-electron chi connectivity index (χ1n) is 6.87. The monoisotopic (exact) mass is 293 g/mol. The van der Waals surface area contributed by atoms with Crippen molar-refractivity contribution in [1.29, 1.82) is 0 Å². The maximum atomic E-state index is 13.2. The molecule has 0 spiro atoms. The third-order valence-corrected chi connectivity index (χ3v) is 4.13. The number of halogens is 1. The molecule has 5 heteroatoms. The Hall–Kier alpha value is -1.33. The Morgan fingerprint density at radius 1 is 1.40 bits per heavy atom. The molecule has 0 aliphatic carbocycles. The van der Waals surface area contributed by atoms with Crippen LogP contribution < -0.4 is 5.32 Å². The second kappa shape index (κ2) is 7.45. The molecular formula is C15H20FN3S. The van der Waals surface area contributed by atoms with Gasteiger partial charge in [0.2, 0.25) is 0 Å². The summed E-state index contributed by atoms with van der Waals surface area (Å²) in [5, 5.41) is 7.77. The molecule has 0 saturated carbocycles. The minimum atomic E-state index is -0.186. The molecule has 3 nitrogen and oxygen atoms in total. The molecule has 0 radical (unpaired) electrons. The average Bonchev–Trinajstić information content (AvgIpc) is 2.92. The van der Waals surface area contributed by atoms with E-state index in [0.29, 0.717) is 0 Å². The Labute approximate surface area is 123 Å². The molecule has 1 aromatic carbocycles. The molecule has 1 N–H and O–H groups in total. The van der Waals surface area contributed by atoms with Crippen molar-refractivity contribution in [1.82, 2.24) is 15.1 Å². The lowest BCUT2D eigenvalue weighted by Gasteiger charge is -2.16. The molecular weight excluding hydrogens is 273 g/mol. The van der Waals surface area contributed by atoms with Crippen molar-refractivity contribution in [2.24, 2.45) is 0 Å². The van der Waals surface area contributed by atoms with E-state index in [1.165, 1.54) is 11.6 Å². The second-order valence-corrected chi connectivity index (χ2v) is 5.60. The quantitative estimate of drug-likeness (QED) is 0.793. The van der Waals surface area contributed by atoms with E-state index in [1.54, 1.807) is 23.9 Å². The van der Waals surface area contributed by atoms with E-state index in [2.05, 4.69) is 30.5 Å². The SMILES string of the molecule is CCNC(CSc1cccc(F)c1)c1cnn(CC)c1. The van der Waals surface area contributed by atoms with Gasteiger partial charge in [-0.15, -0.1) is 11.8 Å². The summed E-state index contributed by atoms with van der Waals surface area (Å²) < 4.78 is 15.1. The highest BCUT2D eigenvalue weighted by molar-refractivity contribution is 7.99. The largest absolute Gasteiger partial charge is 0.309 e. The number of nitrogens with one attached hydrogen (secondary N) is 1. The molecule has 20 heavy (non-hydrogen) atoms. The van der Waals surface area contributed by atoms with Crippen molar-refractivity contribution >= 4 is 11.8 Å². The van der Waals surface area contributed by atoms with Gasteiger partial charge in [0, 0.05) is 35.0 Å². The van der Waals surface area contributed by atoms with Crippen LogP contribution in [-0.4, -0.2) is 22.1 Å². The molecule has 0 fully saturated rings. The summed E-state index contributed by atoms with van der Waals surface area (Å²) in [7, 11) is 0. The smallest absolute Gasteiger partial charge is 0.124 e. The number of aryl methyl sites for hydroxylation is 1. The molecule has 1 atom stereocenters. The van der Waals surface area contributed by atoms with Crippen LogP contribution in [0.5, 0.6) is 0 Å². The zero-order chi connectivity index (χ0) is 14.4. The Bertz CT molecular complexity index is 541. The van der Waals surface area contributed by atoms with Gasteiger partial charge in [0.25, 0.3) is 0 Å².